The van der Waals surface area contributed by atoms with Crippen LogP contribution in [0, 0.1) is 13.8 Å². The monoisotopic (exact) mass is 224 g/mol. The second kappa shape index (κ2) is 3.97. The molecular weight excluding hydrogens is 208 g/mol. The Morgan fingerprint density at radius 3 is 1.80 bits per heavy atom. The van der Waals surface area contributed by atoms with Gasteiger partial charge in [0.2, 0.25) is 0 Å². The summed E-state index contributed by atoms with van der Waals surface area (Å²) >= 11 is 5.54. The van der Waals surface area contributed by atoms with Crippen LogP contribution in [-0.4, -0.2) is 5.24 Å². The molecule has 0 radical (unpaired) electrons. The lowest BCUT2D eigenvalue weighted by atomic mass is 9.84. The Bertz CT molecular complexity index is 376. The van der Waals surface area contributed by atoms with Crippen LogP contribution in [0.15, 0.2) is 12.1 Å². The van der Waals surface area contributed by atoms with Gasteiger partial charge in [0.05, 0.1) is 0 Å². The van der Waals surface area contributed by atoms with Crippen LogP contribution >= 0.6 is 11.6 Å². The zero-order valence-electron chi connectivity index (χ0n) is 9.94. The predicted octanol–water partition coefficient (Wildman–Crippen LogP) is 3.98. The molecule has 0 amide bonds. The van der Waals surface area contributed by atoms with E-state index in [4.69, 9.17) is 11.6 Å². The minimum atomic E-state index is -0.370. The molecule has 1 nitrogen and oxygen atoms in total. The Morgan fingerprint density at radius 1 is 1.13 bits per heavy atom. The first-order valence-corrected chi connectivity index (χ1v) is 5.43. The third-order valence-corrected chi connectivity index (χ3v) is 2.78. The van der Waals surface area contributed by atoms with Crippen molar-refractivity contribution in [3.05, 3.63) is 34.4 Å². The summed E-state index contributed by atoms with van der Waals surface area (Å²) in [5.74, 6) is 0. The second-order valence-corrected chi connectivity index (χ2v) is 5.35. The van der Waals surface area contributed by atoms with Crippen molar-refractivity contribution < 1.29 is 4.79 Å². The summed E-state index contributed by atoms with van der Waals surface area (Å²) in [7, 11) is 0. The summed E-state index contributed by atoms with van der Waals surface area (Å²) in [5.41, 5.74) is 3.90. The summed E-state index contributed by atoms with van der Waals surface area (Å²) in [6, 6.07) is 4.09. The van der Waals surface area contributed by atoms with E-state index in [1.54, 1.807) is 0 Å². The molecule has 1 rings (SSSR count). The second-order valence-electron chi connectivity index (χ2n) is 5.01. The van der Waals surface area contributed by atoms with Gasteiger partial charge < -0.3 is 0 Å². The van der Waals surface area contributed by atoms with Crippen molar-refractivity contribution >= 4 is 16.8 Å². The van der Waals surface area contributed by atoms with Gasteiger partial charge in [-0.1, -0.05) is 32.9 Å². The predicted molar refractivity (Wildman–Crippen MR) is 64.8 cm³/mol. The molecule has 0 unspecified atom stereocenters. The van der Waals surface area contributed by atoms with E-state index in [1.165, 1.54) is 5.56 Å². The molecule has 0 aliphatic carbocycles. The normalized spacial score (nSPS) is 11.6. The molecular formula is C13H17ClO. The summed E-state index contributed by atoms with van der Waals surface area (Å²) < 4.78 is 0. The number of benzene rings is 1. The quantitative estimate of drug-likeness (QED) is 0.660. The minimum absolute atomic E-state index is 0.101. The summed E-state index contributed by atoms with van der Waals surface area (Å²) in [6.07, 6.45) is 0. The van der Waals surface area contributed by atoms with Gasteiger partial charge >= 0.3 is 0 Å². The van der Waals surface area contributed by atoms with Gasteiger partial charge in [0, 0.05) is 5.56 Å². The van der Waals surface area contributed by atoms with E-state index in [0.717, 1.165) is 11.1 Å². The first kappa shape index (κ1) is 12.3. The number of rotatable bonds is 1. The number of carbonyl (C=O) groups is 1. The molecule has 0 fully saturated rings. The minimum Gasteiger partial charge on any atom is -0.276 e. The standard InChI is InChI=1S/C13H17ClO/c1-8-6-10(13(3,4)5)7-9(2)11(8)12(14)15/h6-7H,1-5H3. The van der Waals surface area contributed by atoms with Crippen LogP contribution in [0.3, 0.4) is 0 Å². The van der Waals surface area contributed by atoms with E-state index >= 15 is 0 Å². The zero-order valence-corrected chi connectivity index (χ0v) is 10.7. The van der Waals surface area contributed by atoms with Gasteiger partial charge in [-0.2, -0.15) is 0 Å². The number of aryl methyl sites for hydroxylation is 2. The highest BCUT2D eigenvalue weighted by Crippen LogP contribution is 2.27. The molecule has 15 heavy (non-hydrogen) atoms. The SMILES string of the molecule is Cc1cc(C(C)(C)C)cc(C)c1C(=O)Cl. The van der Waals surface area contributed by atoms with Gasteiger partial charge in [-0.15, -0.1) is 0 Å². The highest BCUT2D eigenvalue weighted by molar-refractivity contribution is 6.68. The average Bonchev–Trinajstić information content (AvgIpc) is 1.99. The Labute approximate surface area is 96.5 Å². The Morgan fingerprint density at radius 2 is 1.53 bits per heavy atom. The van der Waals surface area contributed by atoms with Crippen LogP contribution in [0.5, 0.6) is 0 Å². The van der Waals surface area contributed by atoms with Gasteiger partial charge in [0.15, 0.2) is 0 Å². The maximum absolute atomic E-state index is 11.2. The molecule has 0 N–H and O–H groups in total. The molecule has 0 bridgehead atoms. The molecule has 0 aliphatic rings. The zero-order chi connectivity index (χ0) is 11.8. The van der Waals surface area contributed by atoms with E-state index in [1.807, 2.05) is 26.0 Å². The molecule has 1 aromatic rings. The smallest absolute Gasteiger partial charge is 0.252 e. The molecule has 0 saturated carbocycles. The van der Waals surface area contributed by atoms with Crippen LogP contribution in [0.4, 0.5) is 0 Å². The molecule has 0 spiro atoms. The molecule has 0 aromatic heterocycles. The van der Waals surface area contributed by atoms with E-state index in [2.05, 4.69) is 20.8 Å². The van der Waals surface area contributed by atoms with Gasteiger partial charge in [0.1, 0.15) is 0 Å². The van der Waals surface area contributed by atoms with Crippen LogP contribution in [-0.2, 0) is 5.41 Å². The first-order valence-electron chi connectivity index (χ1n) is 5.05. The average molecular weight is 225 g/mol. The fraction of sp³-hybridized carbons (Fsp3) is 0.462. The molecule has 0 aliphatic heterocycles. The van der Waals surface area contributed by atoms with Crippen LogP contribution in [0.1, 0.15) is 47.8 Å². The molecule has 0 atom stereocenters. The lowest BCUT2D eigenvalue weighted by molar-refractivity contribution is 0.108. The maximum Gasteiger partial charge on any atom is 0.252 e. The highest BCUT2D eigenvalue weighted by Gasteiger charge is 2.18. The number of carbonyl (C=O) groups excluding carboxylic acids is 1. The first-order chi connectivity index (χ1) is 6.73. The van der Waals surface area contributed by atoms with Crippen molar-refractivity contribution in [2.24, 2.45) is 0 Å². The van der Waals surface area contributed by atoms with Crippen LogP contribution in [0.2, 0.25) is 0 Å². The van der Waals surface area contributed by atoms with Crippen molar-refractivity contribution in [1.29, 1.82) is 0 Å². The molecule has 2 heteroatoms. The molecule has 0 saturated heterocycles. The Balaban J connectivity index is 3.39. The lowest BCUT2D eigenvalue weighted by Crippen LogP contribution is -2.13. The maximum atomic E-state index is 11.2. The van der Waals surface area contributed by atoms with Gasteiger partial charge in [0.25, 0.3) is 5.24 Å². The van der Waals surface area contributed by atoms with Gasteiger partial charge in [-0.25, -0.2) is 0 Å². The molecule has 0 heterocycles. The van der Waals surface area contributed by atoms with Crippen molar-refractivity contribution in [3.8, 4) is 0 Å². The van der Waals surface area contributed by atoms with Crippen molar-refractivity contribution in [3.63, 3.8) is 0 Å². The topological polar surface area (TPSA) is 17.1 Å². The van der Waals surface area contributed by atoms with Gasteiger partial charge in [-0.3, -0.25) is 4.79 Å². The largest absolute Gasteiger partial charge is 0.276 e. The van der Waals surface area contributed by atoms with Crippen LogP contribution in [0.25, 0.3) is 0 Å². The third-order valence-electron chi connectivity index (χ3n) is 2.60. The third kappa shape index (κ3) is 2.60. The molecule has 1 aromatic carbocycles. The highest BCUT2D eigenvalue weighted by atomic mass is 35.5. The van der Waals surface area contributed by atoms with E-state index < -0.39 is 0 Å². The van der Waals surface area contributed by atoms with Crippen molar-refractivity contribution in [2.75, 3.05) is 0 Å². The fourth-order valence-corrected chi connectivity index (χ4v) is 2.00. The van der Waals surface area contributed by atoms with Crippen molar-refractivity contribution in [1.82, 2.24) is 0 Å². The Hall–Kier alpha value is -0.820. The summed E-state index contributed by atoms with van der Waals surface area (Å²) in [4.78, 5) is 11.2. The number of hydrogen-bond donors (Lipinski definition) is 0. The van der Waals surface area contributed by atoms with Gasteiger partial charge in [-0.05, 0) is 47.6 Å². The van der Waals surface area contributed by atoms with E-state index in [9.17, 15) is 4.79 Å². The summed E-state index contributed by atoms with van der Waals surface area (Å²) in [6.45, 7) is 10.3. The fourth-order valence-electron chi connectivity index (χ4n) is 1.71. The summed E-state index contributed by atoms with van der Waals surface area (Å²) in [5, 5.41) is -0.370. The Kier molecular flexibility index (Phi) is 3.25. The van der Waals surface area contributed by atoms with Crippen LogP contribution < -0.4 is 0 Å². The van der Waals surface area contributed by atoms with Crippen molar-refractivity contribution in [2.45, 2.75) is 40.0 Å². The number of halogens is 1. The number of hydrogen-bond acceptors (Lipinski definition) is 1. The lowest BCUT2D eigenvalue weighted by Gasteiger charge is -2.21. The van der Waals surface area contributed by atoms with E-state index in [-0.39, 0.29) is 10.7 Å². The van der Waals surface area contributed by atoms with E-state index in [0.29, 0.717) is 5.56 Å². The molecule has 82 valence electrons.